The second-order valence-electron chi connectivity index (χ2n) is 5.93. The van der Waals surface area contributed by atoms with E-state index in [9.17, 15) is 26.4 Å². The van der Waals surface area contributed by atoms with Crippen molar-refractivity contribution in [1.29, 1.82) is 0 Å². The van der Waals surface area contributed by atoms with Crippen molar-refractivity contribution >= 4 is 16.0 Å². The lowest BCUT2D eigenvalue weighted by atomic mass is 10.1. The van der Waals surface area contributed by atoms with Crippen molar-refractivity contribution in [2.75, 3.05) is 6.54 Å². The second kappa shape index (κ2) is 8.10. The molecule has 0 fully saturated rings. The Morgan fingerprint density at radius 3 is 2.41 bits per heavy atom. The average Bonchev–Trinajstić information content (AvgIpc) is 2.60. The zero-order valence-electron chi connectivity index (χ0n) is 14.6. The highest BCUT2D eigenvalue weighted by Gasteiger charge is 2.30. The minimum absolute atomic E-state index is 0.0104. The van der Waals surface area contributed by atoms with Crippen LogP contribution in [0.15, 0.2) is 47.4 Å². The third kappa shape index (κ3) is 5.80. The van der Waals surface area contributed by atoms with E-state index in [1.807, 2.05) is 6.92 Å². The standard InChI is InChI=1S/C18H18F3NO4S/c1-12-6-7-16(8-13(12)2)27(24,25)22-10-17(23)26-11-14-4-3-5-15(9-14)18(19,20)21/h3-9,22H,10-11H2,1-2H3. The first-order valence-electron chi connectivity index (χ1n) is 7.88. The molecule has 0 saturated heterocycles. The highest BCUT2D eigenvalue weighted by Crippen LogP contribution is 2.29. The van der Waals surface area contributed by atoms with Crippen molar-refractivity contribution in [3.05, 3.63) is 64.7 Å². The van der Waals surface area contributed by atoms with Gasteiger partial charge in [-0.05, 0) is 54.8 Å². The normalized spacial score (nSPS) is 12.0. The van der Waals surface area contributed by atoms with E-state index in [1.165, 1.54) is 24.3 Å². The van der Waals surface area contributed by atoms with Crippen molar-refractivity contribution in [2.45, 2.75) is 31.5 Å². The van der Waals surface area contributed by atoms with Gasteiger partial charge >= 0.3 is 12.1 Å². The summed E-state index contributed by atoms with van der Waals surface area (Å²) in [7, 11) is -3.90. The molecule has 1 N–H and O–H groups in total. The number of carbonyl (C=O) groups is 1. The van der Waals surface area contributed by atoms with Crippen LogP contribution in [0.25, 0.3) is 0 Å². The Morgan fingerprint density at radius 1 is 1.07 bits per heavy atom. The second-order valence-corrected chi connectivity index (χ2v) is 7.70. The summed E-state index contributed by atoms with van der Waals surface area (Å²) in [6.07, 6.45) is -4.50. The van der Waals surface area contributed by atoms with Gasteiger partial charge in [-0.15, -0.1) is 0 Å². The van der Waals surface area contributed by atoms with Gasteiger partial charge in [0, 0.05) is 0 Å². The number of alkyl halides is 3. The van der Waals surface area contributed by atoms with Gasteiger partial charge < -0.3 is 4.74 Å². The number of sulfonamides is 1. The third-order valence-corrected chi connectivity index (χ3v) is 5.25. The maximum absolute atomic E-state index is 12.6. The van der Waals surface area contributed by atoms with Gasteiger partial charge in [-0.1, -0.05) is 18.2 Å². The first kappa shape index (κ1) is 20.9. The van der Waals surface area contributed by atoms with E-state index in [0.29, 0.717) is 0 Å². The Hall–Kier alpha value is -2.39. The predicted octanol–water partition coefficient (Wildman–Crippen LogP) is 3.34. The molecule has 0 unspecified atom stereocenters. The van der Waals surface area contributed by atoms with Crippen LogP contribution in [0.2, 0.25) is 0 Å². The van der Waals surface area contributed by atoms with Crippen molar-refractivity contribution in [1.82, 2.24) is 4.72 Å². The number of aryl methyl sites for hydroxylation is 2. The van der Waals surface area contributed by atoms with Gasteiger partial charge in [0.05, 0.1) is 10.5 Å². The molecule has 0 radical (unpaired) electrons. The van der Waals surface area contributed by atoms with Gasteiger partial charge in [0.15, 0.2) is 0 Å². The zero-order chi connectivity index (χ0) is 20.2. The lowest BCUT2D eigenvalue weighted by Crippen LogP contribution is -2.30. The van der Waals surface area contributed by atoms with E-state index in [0.717, 1.165) is 23.3 Å². The van der Waals surface area contributed by atoms with E-state index in [1.54, 1.807) is 13.0 Å². The Kier molecular flexibility index (Phi) is 6.27. The highest BCUT2D eigenvalue weighted by molar-refractivity contribution is 7.89. The van der Waals surface area contributed by atoms with Gasteiger partial charge in [-0.25, -0.2) is 8.42 Å². The molecule has 146 valence electrons. The highest BCUT2D eigenvalue weighted by atomic mass is 32.2. The number of hydrogen-bond acceptors (Lipinski definition) is 4. The molecule has 0 aliphatic rings. The molecule has 0 aliphatic heterocycles. The van der Waals surface area contributed by atoms with E-state index >= 15 is 0 Å². The molecule has 9 heteroatoms. The summed E-state index contributed by atoms with van der Waals surface area (Å²) in [5.74, 6) is -0.903. The SMILES string of the molecule is Cc1ccc(S(=O)(=O)NCC(=O)OCc2cccc(C(F)(F)F)c2)cc1C. The fourth-order valence-electron chi connectivity index (χ4n) is 2.17. The van der Waals surface area contributed by atoms with Crippen LogP contribution >= 0.6 is 0 Å². The zero-order valence-corrected chi connectivity index (χ0v) is 15.4. The summed E-state index contributed by atoms with van der Waals surface area (Å²) in [5.41, 5.74) is 1.00. The van der Waals surface area contributed by atoms with Crippen LogP contribution in [0.1, 0.15) is 22.3 Å². The monoisotopic (exact) mass is 401 g/mol. The number of halogens is 3. The van der Waals surface area contributed by atoms with Crippen LogP contribution in [0.5, 0.6) is 0 Å². The summed E-state index contributed by atoms with van der Waals surface area (Å²) in [4.78, 5) is 11.7. The van der Waals surface area contributed by atoms with Crippen LogP contribution in [0, 0.1) is 13.8 Å². The Labute approximate surface area is 155 Å². The molecular weight excluding hydrogens is 383 g/mol. The molecule has 0 atom stereocenters. The van der Waals surface area contributed by atoms with E-state index in [4.69, 9.17) is 4.74 Å². The number of ether oxygens (including phenoxy) is 1. The van der Waals surface area contributed by atoms with Crippen LogP contribution in [-0.2, 0) is 32.3 Å². The summed E-state index contributed by atoms with van der Waals surface area (Å²) in [5, 5.41) is 0. The molecule has 2 aromatic rings. The molecule has 0 spiro atoms. The summed E-state index contributed by atoms with van der Waals surface area (Å²) in [6, 6.07) is 8.89. The molecule has 5 nitrogen and oxygen atoms in total. The lowest BCUT2D eigenvalue weighted by Gasteiger charge is -2.10. The molecule has 2 aromatic carbocycles. The van der Waals surface area contributed by atoms with Gasteiger partial charge in [0.25, 0.3) is 0 Å². The third-order valence-electron chi connectivity index (χ3n) is 3.85. The average molecular weight is 401 g/mol. The smallest absolute Gasteiger partial charge is 0.416 e. The predicted molar refractivity (Wildman–Crippen MR) is 92.3 cm³/mol. The maximum Gasteiger partial charge on any atom is 0.416 e. The molecule has 0 heterocycles. The van der Waals surface area contributed by atoms with Crippen molar-refractivity contribution in [3.8, 4) is 0 Å². The molecule has 27 heavy (non-hydrogen) atoms. The lowest BCUT2D eigenvalue weighted by molar-refractivity contribution is -0.143. The molecular formula is C18H18F3NO4S. The summed E-state index contributed by atoms with van der Waals surface area (Å²) < 4.78 is 69.3. The first-order valence-corrected chi connectivity index (χ1v) is 9.36. The molecule has 0 saturated carbocycles. The van der Waals surface area contributed by atoms with Gasteiger partial charge in [0.2, 0.25) is 10.0 Å². The van der Waals surface area contributed by atoms with Crippen LogP contribution in [0.3, 0.4) is 0 Å². The minimum atomic E-state index is -4.50. The number of nitrogens with one attached hydrogen (secondary N) is 1. The molecule has 2 rings (SSSR count). The van der Waals surface area contributed by atoms with E-state index < -0.39 is 40.9 Å². The fourth-order valence-corrected chi connectivity index (χ4v) is 3.22. The van der Waals surface area contributed by atoms with Crippen LogP contribution in [0.4, 0.5) is 13.2 Å². The van der Waals surface area contributed by atoms with Gasteiger partial charge in [0.1, 0.15) is 13.2 Å². The summed E-state index contributed by atoms with van der Waals surface area (Å²) in [6.45, 7) is 2.57. The van der Waals surface area contributed by atoms with Crippen molar-refractivity contribution < 1.29 is 31.1 Å². The van der Waals surface area contributed by atoms with E-state index in [2.05, 4.69) is 4.72 Å². The largest absolute Gasteiger partial charge is 0.460 e. The number of rotatable bonds is 6. The van der Waals surface area contributed by atoms with E-state index in [-0.39, 0.29) is 10.5 Å². The molecule has 0 amide bonds. The first-order chi connectivity index (χ1) is 12.5. The van der Waals surface area contributed by atoms with Crippen molar-refractivity contribution in [3.63, 3.8) is 0 Å². The van der Waals surface area contributed by atoms with Gasteiger partial charge in [-0.3, -0.25) is 4.79 Å². The maximum atomic E-state index is 12.6. The molecule has 0 bridgehead atoms. The quantitative estimate of drug-likeness (QED) is 0.754. The fraction of sp³-hybridized carbons (Fsp3) is 0.278. The Balaban J connectivity index is 1.93. The number of esters is 1. The minimum Gasteiger partial charge on any atom is -0.460 e. The van der Waals surface area contributed by atoms with Crippen molar-refractivity contribution in [2.24, 2.45) is 0 Å². The number of carbonyl (C=O) groups excluding carboxylic acids is 1. The molecule has 0 aliphatic carbocycles. The number of benzene rings is 2. The Bertz CT molecular complexity index is 940. The van der Waals surface area contributed by atoms with Crippen LogP contribution < -0.4 is 4.72 Å². The number of hydrogen-bond donors (Lipinski definition) is 1. The van der Waals surface area contributed by atoms with Gasteiger partial charge in [-0.2, -0.15) is 17.9 Å². The summed E-state index contributed by atoms with van der Waals surface area (Å²) >= 11 is 0. The van der Waals surface area contributed by atoms with Crippen LogP contribution in [-0.4, -0.2) is 20.9 Å². The Morgan fingerprint density at radius 2 is 1.78 bits per heavy atom. The molecule has 0 aromatic heterocycles. The topological polar surface area (TPSA) is 72.5 Å².